The second-order valence-electron chi connectivity index (χ2n) is 3.09. The van der Waals surface area contributed by atoms with Crippen molar-refractivity contribution in [1.29, 1.82) is 0 Å². The number of aromatic nitrogens is 3. The zero-order valence-electron chi connectivity index (χ0n) is 7.78. The van der Waals surface area contributed by atoms with Crippen LogP contribution >= 0.6 is 0 Å². The van der Waals surface area contributed by atoms with Crippen molar-refractivity contribution in [1.82, 2.24) is 14.6 Å². The standard InChI is InChI=1S/C9H12N4/c1-6-7(2)12-13-8(5-10)3-4-11-9(6)13/h3-4H,5,10H2,1-2H3. The van der Waals surface area contributed by atoms with Crippen molar-refractivity contribution < 1.29 is 0 Å². The average molecular weight is 176 g/mol. The monoisotopic (exact) mass is 176 g/mol. The molecule has 2 rings (SSSR count). The third-order valence-corrected chi connectivity index (χ3v) is 2.27. The van der Waals surface area contributed by atoms with E-state index in [0.717, 1.165) is 22.6 Å². The Kier molecular flexibility index (Phi) is 1.77. The highest BCUT2D eigenvalue weighted by Gasteiger charge is 2.07. The molecular formula is C9H12N4. The van der Waals surface area contributed by atoms with Gasteiger partial charge in [0, 0.05) is 18.3 Å². The van der Waals surface area contributed by atoms with Crippen molar-refractivity contribution in [3.05, 3.63) is 29.2 Å². The van der Waals surface area contributed by atoms with Crippen LogP contribution in [-0.2, 0) is 6.54 Å². The molecule has 4 heteroatoms. The number of fused-ring (bicyclic) bond motifs is 1. The minimum absolute atomic E-state index is 0.486. The van der Waals surface area contributed by atoms with Gasteiger partial charge in [0.2, 0.25) is 0 Å². The lowest BCUT2D eigenvalue weighted by atomic mass is 10.3. The molecular weight excluding hydrogens is 164 g/mol. The summed E-state index contributed by atoms with van der Waals surface area (Å²) >= 11 is 0. The van der Waals surface area contributed by atoms with Crippen LogP contribution in [0.5, 0.6) is 0 Å². The largest absolute Gasteiger partial charge is 0.325 e. The van der Waals surface area contributed by atoms with E-state index in [0.29, 0.717) is 6.54 Å². The maximum absolute atomic E-state index is 5.59. The van der Waals surface area contributed by atoms with Crippen molar-refractivity contribution in [2.75, 3.05) is 0 Å². The van der Waals surface area contributed by atoms with Crippen LogP contribution in [0, 0.1) is 13.8 Å². The van der Waals surface area contributed by atoms with Crippen LogP contribution in [0.1, 0.15) is 17.0 Å². The van der Waals surface area contributed by atoms with Gasteiger partial charge >= 0.3 is 0 Å². The molecule has 2 heterocycles. The summed E-state index contributed by atoms with van der Waals surface area (Å²) in [5.74, 6) is 0. The van der Waals surface area contributed by atoms with Gasteiger partial charge in [-0.1, -0.05) is 0 Å². The molecule has 0 aliphatic heterocycles. The highest BCUT2D eigenvalue weighted by Crippen LogP contribution is 2.12. The normalized spacial score (nSPS) is 11.0. The molecule has 0 aliphatic carbocycles. The Hall–Kier alpha value is -1.42. The molecule has 0 saturated heterocycles. The Morgan fingerprint density at radius 2 is 2.23 bits per heavy atom. The van der Waals surface area contributed by atoms with Gasteiger partial charge in [-0.05, 0) is 19.9 Å². The number of rotatable bonds is 1. The lowest BCUT2D eigenvalue weighted by molar-refractivity contribution is 0.824. The van der Waals surface area contributed by atoms with Crippen LogP contribution in [-0.4, -0.2) is 14.6 Å². The van der Waals surface area contributed by atoms with Crippen LogP contribution in [0.2, 0.25) is 0 Å². The molecule has 0 aliphatic rings. The summed E-state index contributed by atoms with van der Waals surface area (Å²) in [4.78, 5) is 4.26. The Morgan fingerprint density at radius 3 is 2.92 bits per heavy atom. The van der Waals surface area contributed by atoms with Crippen molar-refractivity contribution in [3.8, 4) is 0 Å². The predicted molar refractivity (Wildman–Crippen MR) is 50.4 cm³/mol. The van der Waals surface area contributed by atoms with E-state index in [1.54, 1.807) is 6.20 Å². The van der Waals surface area contributed by atoms with E-state index in [4.69, 9.17) is 5.73 Å². The molecule has 4 nitrogen and oxygen atoms in total. The fraction of sp³-hybridized carbons (Fsp3) is 0.333. The number of nitrogens with two attached hydrogens (primary N) is 1. The fourth-order valence-electron chi connectivity index (χ4n) is 1.36. The SMILES string of the molecule is Cc1nn2c(CN)ccnc2c1C. The topological polar surface area (TPSA) is 56.2 Å². The Bertz CT molecular complexity index is 444. The van der Waals surface area contributed by atoms with E-state index in [9.17, 15) is 0 Å². The maximum Gasteiger partial charge on any atom is 0.158 e. The molecule has 0 saturated carbocycles. The molecule has 0 amide bonds. The van der Waals surface area contributed by atoms with Gasteiger partial charge in [0.15, 0.2) is 5.65 Å². The predicted octanol–water partition coefficient (Wildman–Crippen LogP) is 0.805. The highest BCUT2D eigenvalue weighted by molar-refractivity contribution is 5.49. The third-order valence-electron chi connectivity index (χ3n) is 2.27. The van der Waals surface area contributed by atoms with Crippen molar-refractivity contribution in [2.24, 2.45) is 5.73 Å². The van der Waals surface area contributed by atoms with Crippen LogP contribution in [0.25, 0.3) is 5.65 Å². The molecule has 2 aromatic rings. The van der Waals surface area contributed by atoms with Crippen LogP contribution in [0.3, 0.4) is 0 Å². The van der Waals surface area contributed by atoms with Crippen LogP contribution in [0.15, 0.2) is 12.3 Å². The molecule has 0 fully saturated rings. The summed E-state index contributed by atoms with van der Waals surface area (Å²) < 4.78 is 1.81. The quantitative estimate of drug-likeness (QED) is 0.699. The molecule has 0 atom stereocenters. The van der Waals surface area contributed by atoms with E-state index < -0.39 is 0 Å². The van der Waals surface area contributed by atoms with E-state index in [-0.39, 0.29) is 0 Å². The Labute approximate surface area is 76.4 Å². The summed E-state index contributed by atoms with van der Waals surface area (Å²) in [5, 5.41) is 4.36. The first-order valence-electron chi connectivity index (χ1n) is 4.24. The van der Waals surface area contributed by atoms with Gasteiger partial charge in [-0.15, -0.1) is 0 Å². The average Bonchev–Trinajstić information content (AvgIpc) is 2.43. The van der Waals surface area contributed by atoms with E-state index in [2.05, 4.69) is 10.1 Å². The van der Waals surface area contributed by atoms with Gasteiger partial charge < -0.3 is 5.73 Å². The molecule has 0 bridgehead atoms. The van der Waals surface area contributed by atoms with Gasteiger partial charge in [-0.3, -0.25) is 0 Å². The molecule has 0 aromatic carbocycles. The lowest BCUT2D eigenvalue weighted by Crippen LogP contribution is -2.05. The zero-order valence-corrected chi connectivity index (χ0v) is 7.78. The van der Waals surface area contributed by atoms with Gasteiger partial charge in [0.25, 0.3) is 0 Å². The molecule has 2 aromatic heterocycles. The first-order chi connectivity index (χ1) is 6.24. The summed E-state index contributed by atoms with van der Waals surface area (Å²) in [6, 6.07) is 1.89. The Morgan fingerprint density at radius 1 is 1.46 bits per heavy atom. The lowest BCUT2D eigenvalue weighted by Gasteiger charge is -1.99. The number of hydrogen-bond acceptors (Lipinski definition) is 3. The smallest absolute Gasteiger partial charge is 0.158 e. The molecule has 0 unspecified atom stereocenters. The van der Waals surface area contributed by atoms with Crippen LogP contribution < -0.4 is 5.73 Å². The second-order valence-corrected chi connectivity index (χ2v) is 3.09. The van der Waals surface area contributed by atoms with Crippen molar-refractivity contribution >= 4 is 5.65 Å². The summed E-state index contributed by atoms with van der Waals surface area (Å²) in [6.07, 6.45) is 1.77. The summed E-state index contributed by atoms with van der Waals surface area (Å²) in [5.41, 5.74) is 9.61. The molecule has 68 valence electrons. The van der Waals surface area contributed by atoms with E-state index in [1.807, 2.05) is 24.4 Å². The highest BCUT2D eigenvalue weighted by atomic mass is 15.3. The minimum Gasteiger partial charge on any atom is -0.325 e. The van der Waals surface area contributed by atoms with Gasteiger partial charge in [-0.2, -0.15) is 5.10 Å². The molecule has 13 heavy (non-hydrogen) atoms. The number of hydrogen-bond donors (Lipinski definition) is 1. The van der Waals surface area contributed by atoms with E-state index in [1.165, 1.54) is 0 Å². The fourth-order valence-corrected chi connectivity index (χ4v) is 1.36. The molecule has 0 radical (unpaired) electrons. The number of aryl methyl sites for hydroxylation is 2. The van der Waals surface area contributed by atoms with Crippen molar-refractivity contribution in [3.63, 3.8) is 0 Å². The second kappa shape index (κ2) is 2.81. The van der Waals surface area contributed by atoms with E-state index >= 15 is 0 Å². The minimum atomic E-state index is 0.486. The maximum atomic E-state index is 5.59. The van der Waals surface area contributed by atoms with Gasteiger partial charge in [0.1, 0.15) is 0 Å². The first kappa shape index (κ1) is 8.19. The summed E-state index contributed by atoms with van der Waals surface area (Å²) in [7, 11) is 0. The molecule has 2 N–H and O–H groups in total. The van der Waals surface area contributed by atoms with Gasteiger partial charge in [-0.25, -0.2) is 9.50 Å². The molecule has 0 spiro atoms. The zero-order chi connectivity index (χ0) is 9.42. The van der Waals surface area contributed by atoms with Crippen LogP contribution in [0.4, 0.5) is 0 Å². The third kappa shape index (κ3) is 1.10. The van der Waals surface area contributed by atoms with Crippen molar-refractivity contribution in [2.45, 2.75) is 20.4 Å². The Balaban J connectivity index is 2.84. The number of nitrogens with zero attached hydrogens (tertiary/aromatic N) is 3. The summed E-state index contributed by atoms with van der Waals surface area (Å²) in [6.45, 7) is 4.48. The van der Waals surface area contributed by atoms with Gasteiger partial charge in [0.05, 0.1) is 11.4 Å². The first-order valence-corrected chi connectivity index (χ1v) is 4.24.